The molecule has 9 rings (SSSR count). The molecule has 0 radical (unpaired) electrons. The van der Waals surface area contributed by atoms with E-state index >= 15 is 0 Å². The molecule has 3 fully saturated rings. The van der Waals surface area contributed by atoms with Crippen LogP contribution in [0.4, 0.5) is 11.4 Å². The highest BCUT2D eigenvalue weighted by Crippen LogP contribution is 2.35. The number of rotatable bonds is 7. The summed E-state index contributed by atoms with van der Waals surface area (Å²) in [7, 11) is 6.41. The number of fused-ring (bicyclic) bond motifs is 3. The number of nitrogens with zero attached hydrogens (tertiary/aromatic N) is 5. The predicted molar refractivity (Wildman–Crippen MR) is 281 cm³/mol. The van der Waals surface area contributed by atoms with Crippen molar-refractivity contribution >= 4 is 46.0 Å². The number of carbonyl (C=O) groups excluding carboxylic acids is 4. The molecule has 0 bridgehead atoms. The van der Waals surface area contributed by atoms with Gasteiger partial charge in [-0.1, -0.05) is 29.8 Å². The molecule has 13 nitrogen and oxygen atoms in total. The Morgan fingerprint density at radius 1 is 0.557 bits per heavy atom. The normalized spacial score (nSPS) is 18.5. The molecule has 70 heavy (non-hydrogen) atoms. The number of halogens is 1. The van der Waals surface area contributed by atoms with Gasteiger partial charge in [0.25, 0.3) is 0 Å². The van der Waals surface area contributed by atoms with Crippen LogP contribution >= 0.6 is 11.6 Å². The van der Waals surface area contributed by atoms with E-state index in [9.17, 15) is 19.2 Å². The molecule has 3 saturated heterocycles. The van der Waals surface area contributed by atoms with Crippen molar-refractivity contribution in [3.8, 4) is 17.2 Å². The second-order valence-corrected chi connectivity index (χ2v) is 20.3. The van der Waals surface area contributed by atoms with E-state index in [1.807, 2.05) is 34.1 Å². The zero-order chi connectivity index (χ0) is 50.6. The molecule has 6 aliphatic rings. The SMILES string of the molecule is CCOC(C)=O.CN1CCC(CC(=O)Cl)CC1.Cc1ccc2c(c1)CCCO2.Cc1ccc2c(c1)N(C(=O)CC1CCN(C)CC1)CCO2.Cc1ccc2c(c1)N(C(=O)CC1CCN(C)CC1)CCO2. The van der Waals surface area contributed by atoms with Gasteiger partial charge in [-0.2, -0.15) is 0 Å². The number of hydrogen-bond donors (Lipinski definition) is 0. The lowest BCUT2D eigenvalue weighted by Crippen LogP contribution is -2.40. The van der Waals surface area contributed by atoms with E-state index in [1.165, 1.54) is 24.5 Å². The summed E-state index contributed by atoms with van der Waals surface area (Å²) in [5, 5.41) is -0.181. The summed E-state index contributed by atoms with van der Waals surface area (Å²) in [5.74, 6) is 4.65. The minimum absolute atomic E-state index is 0.181. The van der Waals surface area contributed by atoms with Gasteiger partial charge in [0.05, 0.1) is 37.7 Å². The van der Waals surface area contributed by atoms with E-state index in [0.717, 1.165) is 131 Å². The Morgan fingerprint density at radius 2 is 0.943 bits per heavy atom. The van der Waals surface area contributed by atoms with Crippen molar-refractivity contribution in [2.24, 2.45) is 17.8 Å². The number of esters is 1. The smallest absolute Gasteiger partial charge is 0.302 e. The molecule has 0 unspecified atom stereocenters. The zero-order valence-electron chi connectivity index (χ0n) is 43.6. The van der Waals surface area contributed by atoms with E-state index in [-0.39, 0.29) is 23.0 Å². The van der Waals surface area contributed by atoms with E-state index < -0.39 is 0 Å². The molecule has 0 N–H and O–H groups in total. The number of aryl methyl sites for hydroxylation is 4. The van der Waals surface area contributed by atoms with Crippen LogP contribution in [0.15, 0.2) is 54.6 Å². The zero-order valence-corrected chi connectivity index (χ0v) is 44.3. The van der Waals surface area contributed by atoms with Crippen LogP contribution in [0.3, 0.4) is 0 Å². The molecule has 0 aromatic heterocycles. The first-order chi connectivity index (χ1) is 33.6. The molecule has 0 aliphatic carbocycles. The Labute approximate surface area is 424 Å². The number of carbonyl (C=O) groups is 4. The maximum absolute atomic E-state index is 12.7. The van der Waals surface area contributed by atoms with Gasteiger partial charge in [0.1, 0.15) is 30.5 Å². The lowest BCUT2D eigenvalue weighted by molar-refractivity contribution is -0.140. The molecule has 0 spiro atoms. The first-order valence-electron chi connectivity index (χ1n) is 25.8. The Balaban J connectivity index is 0.000000173. The largest absolute Gasteiger partial charge is 0.493 e. The van der Waals surface area contributed by atoms with Crippen molar-refractivity contribution in [3.63, 3.8) is 0 Å². The van der Waals surface area contributed by atoms with Crippen LogP contribution < -0.4 is 24.0 Å². The van der Waals surface area contributed by atoms with Crippen molar-refractivity contribution in [1.29, 1.82) is 0 Å². The number of amides is 2. The van der Waals surface area contributed by atoms with E-state index in [2.05, 4.69) is 91.7 Å². The van der Waals surface area contributed by atoms with Gasteiger partial charge in [0.15, 0.2) is 0 Å². The van der Waals surface area contributed by atoms with Crippen LogP contribution in [0.25, 0.3) is 0 Å². The molecule has 0 saturated carbocycles. The highest BCUT2D eigenvalue weighted by molar-refractivity contribution is 6.63. The molecule has 3 aromatic carbocycles. The summed E-state index contributed by atoms with van der Waals surface area (Å²) < 4.78 is 21.2. The predicted octanol–water partition coefficient (Wildman–Crippen LogP) is 9.28. The lowest BCUT2D eigenvalue weighted by Gasteiger charge is -2.33. The fourth-order valence-corrected chi connectivity index (χ4v) is 9.82. The van der Waals surface area contributed by atoms with Gasteiger partial charge >= 0.3 is 5.97 Å². The fourth-order valence-electron chi connectivity index (χ4n) is 9.61. The average Bonchev–Trinajstić information content (AvgIpc) is 3.34. The van der Waals surface area contributed by atoms with Crippen LogP contribution in [0, 0.1) is 38.5 Å². The molecule has 0 atom stereocenters. The minimum atomic E-state index is -0.211. The number of ether oxygens (including phenoxy) is 4. The molecule has 14 heteroatoms. The number of anilines is 2. The molecular weight excluding hydrogens is 906 g/mol. The summed E-state index contributed by atoms with van der Waals surface area (Å²) in [5.41, 5.74) is 6.91. The van der Waals surface area contributed by atoms with Crippen molar-refractivity contribution in [3.05, 3.63) is 76.9 Å². The summed E-state index contributed by atoms with van der Waals surface area (Å²) >= 11 is 5.29. The van der Waals surface area contributed by atoms with Gasteiger partial charge < -0.3 is 43.4 Å². The number of piperidine rings is 3. The summed E-state index contributed by atoms with van der Waals surface area (Å²) in [6, 6.07) is 18.5. The number of hydrogen-bond acceptors (Lipinski definition) is 11. The third-order valence-electron chi connectivity index (χ3n) is 13.9. The second kappa shape index (κ2) is 29.0. The summed E-state index contributed by atoms with van der Waals surface area (Å²) in [6.07, 6.45) is 11.0. The van der Waals surface area contributed by atoms with Crippen LogP contribution in [-0.4, -0.2) is 138 Å². The first-order valence-corrected chi connectivity index (χ1v) is 26.1. The van der Waals surface area contributed by atoms with E-state index in [1.54, 1.807) is 6.92 Å². The standard InChI is InChI=1S/2C17H24N2O2.C10H12O.C8H14ClNO.C4H8O2/c2*1-13-3-4-16-15(11-13)19(9-10-21-16)17(20)12-14-5-7-18(2)8-6-14;1-8-4-5-10-9(7-8)3-2-6-11-10;1-10-4-2-7(3-5-10)6-8(9)11;1-3-6-4(2)5/h2*3-4,11,14H,5-10,12H2,1-2H3;4-5,7H,2-3,6H2,1H3;7H,2-6H2,1H3;3H2,1-2H3. The molecular formula is C56H82ClN5O8. The molecule has 6 heterocycles. The van der Waals surface area contributed by atoms with E-state index in [0.29, 0.717) is 69.9 Å². The topological polar surface area (TPSA) is 121 Å². The maximum atomic E-state index is 12.7. The van der Waals surface area contributed by atoms with Crippen LogP contribution in [0.2, 0.25) is 0 Å². The van der Waals surface area contributed by atoms with Crippen molar-refractivity contribution < 1.29 is 38.1 Å². The second-order valence-electron chi connectivity index (χ2n) is 19.9. The molecule has 6 aliphatic heterocycles. The van der Waals surface area contributed by atoms with Gasteiger partial charge in [-0.3, -0.25) is 19.2 Å². The Morgan fingerprint density at radius 3 is 1.33 bits per heavy atom. The van der Waals surface area contributed by atoms with Gasteiger partial charge in [0, 0.05) is 26.2 Å². The van der Waals surface area contributed by atoms with Crippen molar-refractivity contribution in [1.82, 2.24) is 14.7 Å². The van der Waals surface area contributed by atoms with Crippen LogP contribution in [0.1, 0.15) is 100 Å². The van der Waals surface area contributed by atoms with Crippen molar-refractivity contribution in [2.75, 3.05) is 110 Å². The van der Waals surface area contributed by atoms with Crippen LogP contribution in [0.5, 0.6) is 17.2 Å². The Kier molecular flexibility index (Phi) is 23.3. The highest BCUT2D eigenvalue weighted by Gasteiger charge is 2.29. The molecule has 386 valence electrons. The third-order valence-corrected chi connectivity index (χ3v) is 14.0. The highest BCUT2D eigenvalue weighted by atomic mass is 35.5. The number of benzene rings is 3. The quantitative estimate of drug-likeness (QED) is 0.166. The van der Waals surface area contributed by atoms with Gasteiger partial charge in [0.2, 0.25) is 17.1 Å². The summed E-state index contributed by atoms with van der Waals surface area (Å²) in [6.45, 7) is 19.9. The monoisotopic (exact) mass is 988 g/mol. The van der Waals surface area contributed by atoms with E-state index in [4.69, 9.17) is 25.8 Å². The Hall–Kier alpha value is -4.69. The minimum Gasteiger partial charge on any atom is -0.493 e. The van der Waals surface area contributed by atoms with Crippen molar-refractivity contribution in [2.45, 2.75) is 105 Å². The van der Waals surface area contributed by atoms with Gasteiger partial charge in [-0.15, -0.1) is 0 Å². The summed E-state index contributed by atoms with van der Waals surface area (Å²) in [4.78, 5) is 56.5. The first kappa shape index (κ1) is 56.2. The lowest BCUT2D eigenvalue weighted by atomic mass is 9.93. The fraction of sp³-hybridized carbons (Fsp3) is 0.607. The maximum Gasteiger partial charge on any atom is 0.302 e. The number of likely N-dealkylation sites (tertiary alicyclic amines) is 3. The third kappa shape index (κ3) is 18.8. The van der Waals surface area contributed by atoms with Gasteiger partial charge in [-0.05, 0) is 216 Å². The Bertz CT molecular complexity index is 2030. The molecule has 2 amide bonds. The average molecular weight is 989 g/mol. The molecule has 3 aromatic rings. The van der Waals surface area contributed by atoms with Gasteiger partial charge in [-0.25, -0.2) is 0 Å². The van der Waals surface area contributed by atoms with Crippen LogP contribution in [-0.2, 0) is 30.3 Å².